The van der Waals surface area contributed by atoms with Gasteiger partial charge in [0, 0.05) is 26.7 Å². The molecule has 0 unspecified atom stereocenters. The smallest absolute Gasteiger partial charge is 0.227 e. The van der Waals surface area contributed by atoms with Gasteiger partial charge in [0.15, 0.2) is 0 Å². The Bertz CT molecular complexity index is 447. The number of benzene rings is 1. The van der Waals surface area contributed by atoms with Crippen LogP contribution in [0.3, 0.4) is 0 Å². The zero-order valence-electron chi connectivity index (χ0n) is 12.6. The van der Waals surface area contributed by atoms with E-state index in [9.17, 15) is 4.79 Å². The van der Waals surface area contributed by atoms with E-state index in [2.05, 4.69) is 0 Å². The van der Waals surface area contributed by atoms with Crippen molar-refractivity contribution in [2.24, 2.45) is 5.73 Å². The Morgan fingerprint density at radius 2 is 2.14 bits per heavy atom. The Balaban J connectivity index is 1.87. The number of carbonyl (C=O) groups excluding carboxylic acids is 1. The van der Waals surface area contributed by atoms with Crippen molar-refractivity contribution >= 4 is 5.91 Å². The first-order chi connectivity index (χ1) is 10.2. The predicted octanol–water partition coefficient (Wildman–Crippen LogP) is 1.20. The van der Waals surface area contributed by atoms with E-state index in [1.807, 2.05) is 29.2 Å². The van der Waals surface area contributed by atoms with E-state index in [-0.39, 0.29) is 12.0 Å². The van der Waals surface area contributed by atoms with Crippen LogP contribution in [0.4, 0.5) is 0 Å². The van der Waals surface area contributed by atoms with Gasteiger partial charge in [-0.15, -0.1) is 0 Å². The number of rotatable bonds is 6. The molecular weight excluding hydrogens is 268 g/mol. The van der Waals surface area contributed by atoms with E-state index in [0.717, 1.165) is 30.7 Å². The molecule has 1 amide bonds. The zero-order chi connectivity index (χ0) is 15.1. The van der Waals surface area contributed by atoms with Crippen molar-refractivity contribution in [1.29, 1.82) is 0 Å². The Labute approximate surface area is 126 Å². The zero-order valence-corrected chi connectivity index (χ0v) is 12.6. The van der Waals surface area contributed by atoms with Crippen LogP contribution in [0.2, 0.25) is 0 Å². The average molecular weight is 292 g/mol. The molecule has 1 aromatic carbocycles. The molecule has 5 nitrogen and oxygen atoms in total. The lowest BCUT2D eigenvalue weighted by molar-refractivity contribution is -0.134. The molecule has 0 aliphatic carbocycles. The monoisotopic (exact) mass is 292 g/mol. The van der Waals surface area contributed by atoms with Crippen LogP contribution < -0.4 is 10.5 Å². The molecule has 5 heteroatoms. The van der Waals surface area contributed by atoms with Crippen molar-refractivity contribution < 1.29 is 14.3 Å². The van der Waals surface area contributed by atoms with Crippen molar-refractivity contribution in [2.75, 3.05) is 33.4 Å². The molecule has 0 radical (unpaired) electrons. The van der Waals surface area contributed by atoms with Gasteiger partial charge in [0.2, 0.25) is 5.91 Å². The highest BCUT2D eigenvalue weighted by Gasteiger charge is 2.23. The number of hydrogen-bond acceptors (Lipinski definition) is 4. The number of hydrogen-bond donors (Lipinski definition) is 1. The van der Waals surface area contributed by atoms with Gasteiger partial charge >= 0.3 is 0 Å². The summed E-state index contributed by atoms with van der Waals surface area (Å²) in [6, 6.07) is 7.63. The highest BCUT2D eigenvalue weighted by atomic mass is 16.5. The standard InChI is InChI=1S/C16H24N2O3/c1-20-15-3-2-9-18(12-15)16(19)11-13-4-6-14(7-5-13)21-10-8-17/h4-7,15H,2-3,8-12,17H2,1H3/t15-/m0/s1. The normalized spacial score (nSPS) is 18.6. The van der Waals surface area contributed by atoms with Gasteiger partial charge in [0.1, 0.15) is 12.4 Å². The lowest BCUT2D eigenvalue weighted by Gasteiger charge is -2.32. The molecule has 1 heterocycles. The third-order valence-corrected chi connectivity index (χ3v) is 3.73. The molecule has 0 aromatic heterocycles. The molecule has 21 heavy (non-hydrogen) atoms. The second-order valence-corrected chi connectivity index (χ2v) is 5.30. The van der Waals surface area contributed by atoms with Gasteiger partial charge in [-0.1, -0.05) is 12.1 Å². The molecule has 1 aliphatic rings. The molecule has 2 N–H and O–H groups in total. The van der Waals surface area contributed by atoms with Gasteiger partial charge in [-0.3, -0.25) is 4.79 Å². The number of piperidine rings is 1. The highest BCUT2D eigenvalue weighted by molar-refractivity contribution is 5.79. The Morgan fingerprint density at radius 3 is 2.81 bits per heavy atom. The minimum Gasteiger partial charge on any atom is -0.492 e. The quantitative estimate of drug-likeness (QED) is 0.856. The van der Waals surface area contributed by atoms with E-state index in [1.165, 1.54) is 0 Å². The second-order valence-electron chi connectivity index (χ2n) is 5.30. The summed E-state index contributed by atoms with van der Waals surface area (Å²) < 4.78 is 10.8. The predicted molar refractivity (Wildman–Crippen MR) is 81.3 cm³/mol. The van der Waals surface area contributed by atoms with Crippen LogP contribution >= 0.6 is 0 Å². The van der Waals surface area contributed by atoms with Crippen LogP contribution in [-0.2, 0) is 16.0 Å². The average Bonchev–Trinajstić information content (AvgIpc) is 2.54. The number of amides is 1. The molecule has 1 saturated heterocycles. The maximum absolute atomic E-state index is 12.3. The first kappa shape index (κ1) is 15.8. The van der Waals surface area contributed by atoms with Gasteiger partial charge in [-0.25, -0.2) is 0 Å². The number of likely N-dealkylation sites (tertiary alicyclic amines) is 1. The maximum Gasteiger partial charge on any atom is 0.227 e. The molecule has 0 saturated carbocycles. The van der Waals surface area contributed by atoms with Crippen LogP contribution in [0.5, 0.6) is 5.75 Å². The van der Waals surface area contributed by atoms with E-state index in [4.69, 9.17) is 15.2 Å². The van der Waals surface area contributed by atoms with Gasteiger partial charge in [-0.2, -0.15) is 0 Å². The lowest BCUT2D eigenvalue weighted by atomic mass is 10.1. The fraction of sp³-hybridized carbons (Fsp3) is 0.562. The molecule has 116 valence electrons. The summed E-state index contributed by atoms with van der Waals surface area (Å²) in [6.45, 7) is 2.53. The van der Waals surface area contributed by atoms with Crippen molar-refractivity contribution in [3.8, 4) is 5.75 Å². The molecule has 0 spiro atoms. The SMILES string of the molecule is CO[C@H]1CCCN(C(=O)Cc2ccc(OCCN)cc2)C1. The highest BCUT2D eigenvalue weighted by Crippen LogP contribution is 2.16. The van der Waals surface area contributed by atoms with Crippen LogP contribution in [0.1, 0.15) is 18.4 Å². The summed E-state index contributed by atoms with van der Waals surface area (Å²) in [7, 11) is 1.71. The van der Waals surface area contributed by atoms with Crippen LogP contribution in [0.15, 0.2) is 24.3 Å². The molecule has 1 aliphatic heterocycles. The molecule has 1 fully saturated rings. The fourth-order valence-corrected chi connectivity index (χ4v) is 2.52. The van der Waals surface area contributed by atoms with Crippen LogP contribution in [0.25, 0.3) is 0 Å². The number of nitrogens with zero attached hydrogens (tertiary/aromatic N) is 1. The van der Waals surface area contributed by atoms with Gasteiger partial charge in [-0.05, 0) is 30.5 Å². The Morgan fingerprint density at radius 1 is 1.38 bits per heavy atom. The molecular formula is C16H24N2O3. The van der Waals surface area contributed by atoms with Gasteiger partial charge in [0.05, 0.1) is 12.5 Å². The third kappa shape index (κ3) is 4.72. The Hall–Kier alpha value is -1.59. The fourth-order valence-electron chi connectivity index (χ4n) is 2.52. The largest absolute Gasteiger partial charge is 0.492 e. The molecule has 0 bridgehead atoms. The van der Waals surface area contributed by atoms with Crippen molar-refractivity contribution in [1.82, 2.24) is 4.90 Å². The van der Waals surface area contributed by atoms with Crippen LogP contribution in [0, 0.1) is 0 Å². The minimum absolute atomic E-state index is 0.160. The molecule has 1 atom stereocenters. The van der Waals surface area contributed by atoms with Crippen molar-refractivity contribution in [2.45, 2.75) is 25.4 Å². The molecule has 1 aromatic rings. The summed E-state index contributed by atoms with van der Waals surface area (Å²) in [5.74, 6) is 0.946. The minimum atomic E-state index is 0.160. The summed E-state index contributed by atoms with van der Waals surface area (Å²) in [4.78, 5) is 14.2. The third-order valence-electron chi connectivity index (χ3n) is 3.73. The lowest BCUT2D eigenvalue weighted by Crippen LogP contribution is -2.43. The van der Waals surface area contributed by atoms with Gasteiger partial charge in [0.25, 0.3) is 0 Å². The number of methoxy groups -OCH3 is 1. The summed E-state index contributed by atoms with van der Waals surface area (Å²) in [6.07, 6.45) is 2.65. The van der Waals surface area contributed by atoms with Crippen molar-refractivity contribution in [3.63, 3.8) is 0 Å². The first-order valence-corrected chi connectivity index (χ1v) is 7.45. The van der Waals surface area contributed by atoms with E-state index in [0.29, 0.717) is 26.1 Å². The van der Waals surface area contributed by atoms with Gasteiger partial charge < -0.3 is 20.1 Å². The summed E-state index contributed by atoms with van der Waals surface area (Å²) in [5.41, 5.74) is 6.39. The number of nitrogens with two attached hydrogens (primary N) is 1. The summed E-state index contributed by atoms with van der Waals surface area (Å²) in [5, 5.41) is 0. The van der Waals surface area contributed by atoms with E-state index >= 15 is 0 Å². The summed E-state index contributed by atoms with van der Waals surface area (Å²) >= 11 is 0. The van der Waals surface area contributed by atoms with Crippen molar-refractivity contribution in [3.05, 3.63) is 29.8 Å². The first-order valence-electron chi connectivity index (χ1n) is 7.45. The van der Waals surface area contributed by atoms with E-state index < -0.39 is 0 Å². The second kappa shape index (κ2) is 8.00. The Kier molecular flexibility index (Phi) is 6.02. The van der Waals surface area contributed by atoms with E-state index in [1.54, 1.807) is 7.11 Å². The van der Waals surface area contributed by atoms with Crippen LogP contribution in [-0.4, -0.2) is 50.3 Å². The maximum atomic E-state index is 12.3. The number of carbonyl (C=O) groups is 1. The number of ether oxygens (including phenoxy) is 2. The topological polar surface area (TPSA) is 64.8 Å². The molecule has 2 rings (SSSR count).